The van der Waals surface area contributed by atoms with Gasteiger partial charge in [0.05, 0.1) is 10.6 Å². The summed E-state index contributed by atoms with van der Waals surface area (Å²) in [7, 11) is 4.08. The van der Waals surface area contributed by atoms with Crippen LogP contribution in [0, 0.1) is 0 Å². The second-order valence-corrected chi connectivity index (χ2v) is 5.26. The zero-order valence-corrected chi connectivity index (χ0v) is 11.7. The number of rotatable bonds is 7. The molecule has 0 fully saturated rings. The van der Waals surface area contributed by atoms with Crippen molar-refractivity contribution in [1.82, 2.24) is 15.2 Å². The molecule has 2 heterocycles. The molecule has 98 valence electrons. The Kier molecular flexibility index (Phi) is 4.92. The van der Waals surface area contributed by atoms with Gasteiger partial charge in [-0.05, 0) is 45.1 Å². The van der Waals surface area contributed by atoms with E-state index >= 15 is 0 Å². The van der Waals surface area contributed by atoms with Gasteiger partial charge in [0.1, 0.15) is 6.26 Å². The zero-order chi connectivity index (χ0) is 12.8. The summed E-state index contributed by atoms with van der Waals surface area (Å²) < 4.78 is 5.50. The summed E-state index contributed by atoms with van der Waals surface area (Å²) >= 11 is 1.65. The van der Waals surface area contributed by atoms with Crippen LogP contribution in [0.1, 0.15) is 12.1 Å². The predicted molar refractivity (Wildman–Crippen MR) is 74.7 cm³/mol. The van der Waals surface area contributed by atoms with E-state index in [1.165, 1.54) is 0 Å². The maximum atomic E-state index is 5.50. The third kappa shape index (κ3) is 3.66. The van der Waals surface area contributed by atoms with Crippen molar-refractivity contribution in [2.24, 2.45) is 0 Å². The highest BCUT2D eigenvalue weighted by Crippen LogP contribution is 2.23. The lowest BCUT2D eigenvalue weighted by molar-refractivity contribution is 0.317. The molecule has 2 aromatic heterocycles. The largest absolute Gasteiger partial charge is 0.444 e. The highest BCUT2D eigenvalue weighted by molar-refractivity contribution is 7.13. The number of nitrogens with zero attached hydrogens (tertiary/aromatic N) is 2. The van der Waals surface area contributed by atoms with Gasteiger partial charge in [0.2, 0.25) is 5.89 Å². The van der Waals surface area contributed by atoms with Gasteiger partial charge >= 0.3 is 0 Å². The van der Waals surface area contributed by atoms with Crippen LogP contribution in [0.3, 0.4) is 0 Å². The molecule has 0 radical (unpaired) electrons. The molecule has 0 saturated heterocycles. The Morgan fingerprint density at radius 1 is 1.50 bits per heavy atom. The predicted octanol–water partition coefficient (Wildman–Crippen LogP) is 2.44. The third-order valence-electron chi connectivity index (χ3n) is 2.68. The van der Waals surface area contributed by atoms with Crippen molar-refractivity contribution in [3.63, 3.8) is 0 Å². The zero-order valence-electron chi connectivity index (χ0n) is 10.8. The second kappa shape index (κ2) is 6.68. The molecule has 0 aliphatic rings. The summed E-state index contributed by atoms with van der Waals surface area (Å²) in [5, 5.41) is 5.18. The molecular formula is C13H19N3OS. The fourth-order valence-corrected chi connectivity index (χ4v) is 2.43. The van der Waals surface area contributed by atoms with Gasteiger partial charge in [-0.15, -0.1) is 11.3 Å². The van der Waals surface area contributed by atoms with Gasteiger partial charge in [0, 0.05) is 6.54 Å². The van der Waals surface area contributed by atoms with E-state index in [-0.39, 0.29) is 0 Å². The lowest BCUT2D eigenvalue weighted by Crippen LogP contribution is -2.22. The molecule has 2 rings (SSSR count). The Morgan fingerprint density at radius 3 is 3.11 bits per heavy atom. The first kappa shape index (κ1) is 13.3. The Bertz CT molecular complexity index is 453. The standard InChI is InChI=1S/C13H19N3OS/c1-14-6-4-7-16(2)9-11-10-17-13(15-11)12-5-3-8-18-12/h3,5,8,10,14H,4,6-7,9H2,1-2H3. The van der Waals surface area contributed by atoms with E-state index in [0.29, 0.717) is 0 Å². The molecule has 0 atom stereocenters. The van der Waals surface area contributed by atoms with Crippen LogP contribution in [0.5, 0.6) is 0 Å². The molecule has 0 aromatic carbocycles. The van der Waals surface area contributed by atoms with Crippen LogP contribution >= 0.6 is 11.3 Å². The van der Waals surface area contributed by atoms with E-state index in [9.17, 15) is 0 Å². The lowest BCUT2D eigenvalue weighted by Gasteiger charge is -2.14. The molecule has 18 heavy (non-hydrogen) atoms. The van der Waals surface area contributed by atoms with E-state index in [1.807, 2.05) is 24.6 Å². The van der Waals surface area contributed by atoms with E-state index in [4.69, 9.17) is 4.42 Å². The van der Waals surface area contributed by atoms with Gasteiger partial charge in [0.25, 0.3) is 0 Å². The van der Waals surface area contributed by atoms with Crippen molar-refractivity contribution >= 4 is 11.3 Å². The maximum absolute atomic E-state index is 5.50. The summed E-state index contributed by atoms with van der Waals surface area (Å²) in [6.07, 6.45) is 2.90. The van der Waals surface area contributed by atoms with Gasteiger partial charge in [0.15, 0.2) is 0 Å². The van der Waals surface area contributed by atoms with Gasteiger partial charge < -0.3 is 14.6 Å². The van der Waals surface area contributed by atoms with Crippen LogP contribution < -0.4 is 5.32 Å². The number of thiophene rings is 1. The topological polar surface area (TPSA) is 41.3 Å². The minimum Gasteiger partial charge on any atom is -0.444 e. The Morgan fingerprint density at radius 2 is 2.39 bits per heavy atom. The van der Waals surface area contributed by atoms with E-state index in [2.05, 4.69) is 22.2 Å². The molecular weight excluding hydrogens is 246 g/mol. The number of hydrogen-bond acceptors (Lipinski definition) is 5. The lowest BCUT2D eigenvalue weighted by atomic mass is 10.3. The minimum absolute atomic E-state index is 0.726. The Hall–Kier alpha value is -1.17. The number of nitrogens with one attached hydrogen (secondary N) is 1. The van der Waals surface area contributed by atoms with Crippen molar-refractivity contribution in [3.05, 3.63) is 29.5 Å². The van der Waals surface area contributed by atoms with E-state index in [0.717, 1.165) is 42.5 Å². The van der Waals surface area contributed by atoms with Gasteiger partial charge in [-0.3, -0.25) is 0 Å². The average Bonchev–Trinajstić information content (AvgIpc) is 2.98. The fraction of sp³-hybridized carbons (Fsp3) is 0.462. The van der Waals surface area contributed by atoms with E-state index < -0.39 is 0 Å². The van der Waals surface area contributed by atoms with Gasteiger partial charge in [-0.2, -0.15) is 0 Å². The first-order valence-corrected chi connectivity index (χ1v) is 6.99. The number of hydrogen-bond donors (Lipinski definition) is 1. The molecule has 0 aliphatic carbocycles. The monoisotopic (exact) mass is 265 g/mol. The quantitative estimate of drug-likeness (QED) is 0.781. The van der Waals surface area contributed by atoms with Crippen LogP contribution in [0.25, 0.3) is 10.8 Å². The first-order valence-electron chi connectivity index (χ1n) is 6.11. The molecule has 4 nitrogen and oxygen atoms in total. The van der Waals surface area contributed by atoms with Crippen molar-refractivity contribution in [2.45, 2.75) is 13.0 Å². The van der Waals surface area contributed by atoms with Crippen molar-refractivity contribution < 1.29 is 4.42 Å². The summed E-state index contributed by atoms with van der Waals surface area (Å²) in [6, 6.07) is 4.03. The fourth-order valence-electron chi connectivity index (χ4n) is 1.77. The van der Waals surface area contributed by atoms with Crippen LogP contribution in [-0.2, 0) is 6.54 Å². The summed E-state index contributed by atoms with van der Waals surface area (Å²) in [5.41, 5.74) is 0.991. The molecule has 0 amide bonds. The SMILES string of the molecule is CNCCCN(C)Cc1coc(-c2cccs2)n1. The molecule has 0 saturated carbocycles. The van der Waals surface area contributed by atoms with Crippen molar-refractivity contribution in [3.8, 4) is 10.8 Å². The van der Waals surface area contributed by atoms with Crippen molar-refractivity contribution in [2.75, 3.05) is 27.2 Å². The van der Waals surface area contributed by atoms with Gasteiger partial charge in [-0.25, -0.2) is 4.98 Å². The van der Waals surface area contributed by atoms with Crippen LogP contribution in [0.2, 0.25) is 0 Å². The number of oxazole rings is 1. The average molecular weight is 265 g/mol. The number of aromatic nitrogens is 1. The Labute approximate surface area is 112 Å². The second-order valence-electron chi connectivity index (χ2n) is 4.32. The summed E-state index contributed by atoms with van der Waals surface area (Å²) in [5.74, 6) is 0.726. The first-order chi connectivity index (χ1) is 8.79. The highest BCUT2D eigenvalue weighted by atomic mass is 32.1. The van der Waals surface area contributed by atoms with Crippen molar-refractivity contribution in [1.29, 1.82) is 0 Å². The minimum atomic E-state index is 0.726. The summed E-state index contributed by atoms with van der Waals surface area (Å²) in [6.45, 7) is 2.93. The van der Waals surface area contributed by atoms with Crippen LogP contribution in [0.15, 0.2) is 28.2 Å². The summed E-state index contributed by atoms with van der Waals surface area (Å²) in [4.78, 5) is 7.85. The molecule has 1 N–H and O–H groups in total. The smallest absolute Gasteiger partial charge is 0.236 e. The van der Waals surface area contributed by atoms with Gasteiger partial charge in [-0.1, -0.05) is 6.07 Å². The van der Waals surface area contributed by atoms with Crippen LogP contribution in [0.4, 0.5) is 0 Å². The molecule has 2 aromatic rings. The molecule has 0 unspecified atom stereocenters. The van der Waals surface area contributed by atoms with Crippen LogP contribution in [-0.4, -0.2) is 37.1 Å². The molecule has 5 heteroatoms. The maximum Gasteiger partial charge on any atom is 0.236 e. The third-order valence-corrected chi connectivity index (χ3v) is 3.54. The Balaban J connectivity index is 1.87. The highest BCUT2D eigenvalue weighted by Gasteiger charge is 2.09. The normalized spacial score (nSPS) is 11.3. The molecule has 0 aliphatic heterocycles. The molecule has 0 bridgehead atoms. The molecule has 0 spiro atoms. The van der Waals surface area contributed by atoms with E-state index in [1.54, 1.807) is 17.6 Å².